The smallest absolute Gasteiger partial charge is 0.244 e. The Labute approximate surface area is 155 Å². The second-order valence-electron chi connectivity index (χ2n) is 5.20. The molecular formula is C17H17N3O4S2. The molecule has 1 aromatic carbocycles. The fourth-order valence-electron chi connectivity index (χ4n) is 2.24. The topological polar surface area (TPSA) is 90.4 Å². The zero-order valence-corrected chi connectivity index (χ0v) is 15.8. The van der Waals surface area contributed by atoms with Crippen LogP contribution in [0.25, 0.3) is 10.7 Å². The van der Waals surface area contributed by atoms with Crippen molar-refractivity contribution in [3.8, 4) is 22.2 Å². The SMILES string of the molecule is COc1ccc(OC)c(S(=O)(=O)NCc2csc(-c3ccccn3)n2)c1. The Kier molecular flexibility index (Phi) is 5.50. The molecule has 7 nitrogen and oxygen atoms in total. The van der Waals surface area contributed by atoms with Gasteiger partial charge in [-0.15, -0.1) is 11.3 Å². The summed E-state index contributed by atoms with van der Waals surface area (Å²) in [5, 5.41) is 2.54. The lowest BCUT2D eigenvalue weighted by Crippen LogP contribution is -2.24. The fraction of sp³-hybridized carbons (Fsp3) is 0.176. The van der Waals surface area contributed by atoms with Crippen LogP contribution in [0, 0.1) is 0 Å². The molecule has 0 unspecified atom stereocenters. The summed E-state index contributed by atoms with van der Waals surface area (Å²) >= 11 is 1.41. The average molecular weight is 391 g/mol. The van der Waals surface area contributed by atoms with Crippen LogP contribution in [0.2, 0.25) is 0 Å². The Morgan fingerprint density at radius 3 is 2.69 bits per heavy atom. The van der Waals surface area contributed by atoms with E-state index in [0.29, 0.717) is 11.4 Å². The first-order valence-corrected chi connectivity index (χ1v) is 9.97. The van der Waals surface area contributed by atoms with Crippen LogP contribution in [-0.2, 0) is 16.6 Å². The quantitative estimate of drug-likeness (QED) is 0.666. The summed E-state index contributed by atoms with van der Waals surface area (Å²) < 4.78 is 38.1. The van der Waals surface area contributed by atoms with E-state index >= 15 is 0 Å². The van der Waals surface area contributed by atoms with Crippen LogP contribution in [0.1, 0.15) is 5.69 Å². The van der Waals surface area contributed by atoms with Crippen LogP contribution in [0.15, 0.2) is 52.9 Å². The third kappa shape index (κ3) is 4.01. The van der Waals surface area contributed by atoms with Crippen molar-refractivity contribution in [1.29, 1.82) is 0 Å². The van der Waals surface area contributed by atoms with Gasteiger partial charge in [-0.1, -0.05) is 6.07 Å². The van der Waals surface area contributed by atoms with Crippen molar-refractivity contribution in [2.75, 3.05) is 14.2 Å². The van der Waals surface area contributed by atoms with Gasteiger partial charge >= 0.3 is 0 Å². The summed E-state index contributed by atoms with van der Waals surface area (Å²) in [6.07, 6.45) is 1.69. The van der Waals surface area contributed by atoms with E-state index in [4.69, 9.17) is 9.47 Å². The van der Waals surface area contributed by atoms with Crippen LogP contribution in [0.4, 0.5) is 0 Å². The lowest BCUT2D eigenvalue weighted by atomic mass is 10.3. The molecule has 0 spiro atoms. The van der Waals surface area contributed by atoms with Gasteiger partial charge in [0.1, 0.15) is 21.4 Å². The molecule has 0 amide bonds. The lowest BCUT2D eigenvalue weighted by molar-refractivity contribution is 0.392. The van der Waals surface area contributed by atoms with E-state index in [1.807, 2.05) is 18.2 Å². The van der Waals surface area contributed by atoms with E-state index in [0.717, 1.165) is 10.7 Å². The molecule has 2 heterocycles. The molecular weight excluding hydrogens is 374 g/mol. The molecule has 0 fully saturated rings. The Morgan fingerprint density at radius 2 is 2.00 bits per heavy atom. The van der Waals surface area contributed by atoms with E-state index < -0.39 is 10.0 Å². The Balaban J connectivity index is 1.78. The van der Waals surface area contributed by atoms with Gasteiger partial charge in [0, 0.05) is 17.6 Å². The summed E-state index contributed by atoms with van der Waals surface area (Å²) in [6.45, 7) is 0.0615. The zero-order chi connectivity index (χ0) is 18.6. The van der Waals surface area contributed by atoms with Gasteiger partial charge in [0.15, 0.2) is 0 Å². The van der Waals surface area contributed by atoms with Gasteiger partial charge < -0.3 is 9.47 Å². The molecule has 0 bridgehead atoms. The van der Waals surface area contributed by atoms with E-state index in [-0.39, 0.29) is 17.2 Å². The molecule has 1 N–H and O–H groups in total. The van der Waals surface area contributed by atoms with Gasteiger partial charge in [-0.05, 0) is 24.3 Å². The number of nitrogens with one attached hydrogen (secondary N) is 1. The van der Waals surface area contributed by atoms with Gasteiger partial charge in [0.2, 0.25) is 10.0 Å². The predicted molar refractivity (Wildman–Crippen MR) is 98.9 cm³/mol. The highest BCUT2D eigenvalue weighted by molar-refractivity contribution is 7.89. The van der Waals surface area contributed by atoms with Crippen molar-refractivity contribution >= 4 is 21.4 Å². The molecule has 26 heavy (non-hydrogen) atoms. The maximum absolute atomic E-state index is 12.6. The molecule has 0 aliphatic carbocycles. The standard InChI is InChI=1S/C17H17N3O4S2/c1-23-13-6-7-15(24-2)16(9-13)26(21,22)19-10-12-11-25-17(20-12)14-5-3-4-8-18-14/h3-9,11,19H,10H2,1-2H3. The summed E-state index contributed by atoms with van der Waals surface area (Å²) in [5.74, 6) is 0.669. The minimum absolute atomic E-state index is 0.0135. The number of aromatic nitrogens is 2. The Hall–Kier alpha value is -2.49. The average Bonchev–Trinajstić information content (AvgIpc) is 3.16. The molecule has 2 aromatic heterocycles. The number of methoxy groups -OCH3 is 2. The Morgan fingerprint density at radius 1 is 1.15 bits per heavy atom. The fourth-order valence-corrected chi connectivity index (χ4v) is 4.21. The first-order chi connectivity index (χ1) is 12.5. The van der Waals surface area contributed by atoms with Crippen molar-refractivity contribution in [2.45, 2.75) is 11.4 Å². The molecule has 0 atom stereocenters. The normalized spacial score (nSPS) is 11.3. The zero-order valence-electron chi connectivity index (χ0n) is 14.2. The highest BCUT2D eigenvalue weighted by Gasteiger charge is 2.21. The summed E-state index contributed by atoms with van der Waals surface area (Å²) in [7, 11) is -0.906. The Bertz CT molecular complexity index is 988. The number of hydrogen-bond donors (Lipinski definition) is 1. The van der Waals surface area contributed by atoms with Crippen LogP contribution < -0.4 is 14.2 Å². The van der Waals surface area contributed by atoms with Gasteiger partial charge in [-0.25, -0.2) is 18.1 Å². The van der Waals surface area contributed by atoms with E-state index in [2.05, 4.69) is 14.7 Å². The van der Waals surface area contributed by atoms with Crippen LogP contribution in [-0.4, -0.2) is 32.6 Å². The highest BCUT2D eigenvalue weighted by atomic mass is 32.2. The number of ether oxygens (including phenoxy) is 2. The summed E-state index contributed by atoms with van der Waals surface area (Å²) in [6, 6.07) is 10.2. The first kappa shape index (κ1) is 18.3. The summed E-state index contributed by atoms with van der Waals surface area (Å²) in [5.41, 5.74) is 1.36. The molecule has 0 radical (unpaired) electrons. The van der Waals surface area contributed by atoms with Crippen LogP contribution in [0.3, 0.4) is 0 Å². The molecule has 3 aromatic rings. The first-order valence-electron chi connectivity index (χ1n) is 7.61. The second kappa shape index (κ2) is 7.81. The van der Waals surface area contributed by atoms with Gasteiger partial charge in [0.05, 0.1) is 32.2 Å². The van der Waals surface area contributed by atoms with E-state index in [1.54, 1.807) is 23.7 Å². The second-order valence-corrected chi connectivity index (χ2v) is 7.79. The monoisotopic (exact) mass is 391 g/mol. The summed E-state index contributed by atoms with van der Waals surface area (Å²) in [4.78, 5) is 8.68. The third-order valence-corrected chi connectivity index (χ3v) is 5.88. The van der Waals surface area contributed by atoms with Gasteiger partial charge in [0.25, 0.3) is 0 Å². The number of pyridine rings is 1. The van der Waals surface area contributed by atoms with Crippen molar-refractivity contribution < 1.29 is 17.9 Å². The number of nitrogens with zero attached hydrogens (tertiary/aromatic N) is 2. The van der Waals surface area contributed by atoms with Crippen molar-refractivity contribution in [1.82, 2.24) is 14.7 Å². The largest absolute Gasteiger partial charge is 0.497 e. The number of benzene rings is 1. The molecule has 136 valence electrons. The number of hydrogen-bond acceptors (Lipinski definition) is 7. The van der Waals surface area contributed by atoms with Crippen molar-refractivity contribution in [3.63, 3.8) is 0 Å². The predicted octanol–water partition coefficient (Wildman–Crippen LogP) is 2.70. The minimum Gasteiger partial charge on any atom is -0.497 e. The maximum atomic E-state index is 12.6. The molecule has 9 heteroatoms. The molecule has 3 rings (SSSR count). The molecule has 0 saturated heterocycles. The van der Waals surface area contributed by atoms with Gasteiger partial charge in [-0.3, -0.25) is 4.98 Å². The number of thiazole rings is 1. The van der Waals surface area contributed by atoms with Crippen LogP contribution >= 0.6 is 11.3 Å². The van der Waals surface area contributed by atoms with Crippen molar-refractivity contribution in [2.24, 2.45) is 0 Å². The highest BCUT2D eigenvalue weighted by Crippen LogP contribution is 2.28. The van der Waals surface area contributed by atoms with E-state index in [1.165, 1.54) is 31.6 Å². The molecule has 0 aliphatic heterocycles. The molecule has 0 aliphatic rings. The third-order valence-electron chi connectivity index (χ3n) is 3.54. The number of sulfonamides is 1. The minimum atomic E-state index is -3.80. The maximum Gasteiger partial charge on any atom is 0.244 e. The van der Waals surface area contributed by atoms with Gasteiger partial charge in [-0.2, -0.15) is 0 Å². The van der Waals surface area contributed by atoms with Crippen LogP contribution in [0.5, 0.6) is 11.5 Å². The van der Waals surface area contributed by atoms with Crippen molar-refractivity contribution in [3.05, 3.63) is 53.7 Å². The lowest BCUT2D eigenvalue weighted by Gasteiger charge is -2.11. The number of rotatable bonds is 7. The van der Waals surface area contributed by atoms with E-state index in [9.17, 15) is 8.42 Å². The molecule has 0 saturated carbocycles.